The van der Waals surface area contributed by atoms with Crippen LogP contribution in [0, 0.1) is 0 Å². The molecule has 25 heavy (non-hydrogen) atoms. The van der Waals surface area contributed by atoms with Gasteiger partial charge in [-0.1, -0.05) is 12.1 Å². The number of benzene rings is 1. The Balaban J connectivity index is 0.00000312. The molecule has 1 aliphatic rings. The summed E-state index contributed by atoms with van der Waals surface area (Å²) in [6.07, 6.45) is 1.41. The molecule has 0 spiro atoms. The molecule has 0 bridgehead atoms. The first-order chi connectivity index (χ1) is 11.4. The number of halogens is 1. The molecular weight excluding hydrogens is 455 g/mol. The smallest absolute Gasteiger partial charge is 0.221 e. The van der Waals surface area contributed by atoms with Crippen molar-refractivity contribution in [1.82, 2.24) is 10.6 Å². The van der Waals surface area contributed by atoms with Gasteiger partial charge in [0.1, 0.15) is 0 Å². The van der Waals surface area contributed by atoms with E-state index in [0.717, 1.165) is 17.7 Å². The highest BCUT2D eigenvalue weighted by Gasteiger charge is 2.28. The lowest BCUT2D eigenvalue weighted by Crippen LogP contribution is -2.44. The highest BCUT2D eigenvalue weighted by atomic mass is 127. The fourth-order valence-electron chi connectivity index (χ4n) is 2.58. The second-order valence-electron chi connectivity index (χ2n) is 5.87. The highest BCUT2D eigenvalue weighted by molar-refractivity contribution is 14.0. The first kappa shape index (κ1) is 21.7. The Morgan fingerprint density at radius 1 is 1.28 bits per heavy atom. The van der Waals surface area contributed by atoms with E-state index >= 15 is 0 Å². The Labute approximate surface area is 166 Å². The van der Waals surface area contributed by atoms with Gasteiger partial charge in [0.25, 0.3) is 0 Å². The van der Waals surface area contributed by atoms with E-state index in [1.165, 1.54) is 6.92 Å². The van der Waals surface area contributed by atoms with Crippen LogP contribution in [-0.2, 0) is 21.1 Å². The van der Waals surface area contributed by atoms with Crippen molar-refractivity contribution in [1.29, 1.82) is 0 Å². The van der Waals surface area contributed by atoms with Gasteiger partial charge in [0.05, 0.1) is 11.5 Å². The summed E-state index contributed by atoms with van der Waals surface area (Å²) in [4.78, 5) is 15.1. The zero-order valence-electron chi connectivity index (χ0n) is 14.4. The topological polar surface area (TPSA) is 99.7 Å². The largest absolute Gasteiger partial charge is 0.356 e. The standard InChI is InChI=1S/C16H24N4O3S.HI/c1-12(21)19-14-5-3-13(4-6-14)7-9-18-16(17-2)20-15-8-10-24(22,23)11-15;/h3-6,15H,7-11H2,1-2H3,(H,19,21)(H2,17,18,20);1H. The summed E-state index contributed by atoms with van der Waals surface area (Å²) in [7, 11) is -1.23. The van der Waals surface area contributed by atoms with Crippen LogP contribution in [0.2, 0.25) is 0 Å². The lowest BCUT2D eigenvalue weighted by molar-refractivity contribution is -0.114. The third-order valence-corrected chi connectivity index (χ3v) is 5.55. The van der Waals surface area contributed by atoms with Gasteiger partial charge in [-0.25, -0.2) is 8.42 Å². The number of sulfone groups is 1. The zero-order chi connectivity index (χ0) is 17.6. The van der Waals surface area contributed by atoms with E-state index in [4.69, 9.17) is 0 Å². The Kier molecular flexibility index (Phi) is 8.63. The number of hydrogen-bond donors (Lipinski definition) is 3. The fourth-order valence-corrected chi connectivity index (χ4v) is 4.25. The molecule has 1 heterocycles. The monoisotopic (exact) mass is 480 g/mol. The van der Waals surface area contributed by atoms with Crippen molar-refractivity contribution in [3.63, 3.8) is 0 Å². The van der Waals surface area contributed by atoms with Crippen molar-refractivity contribution in [2.75, 3.05) is 30.4 Å². The third-order valence-electron chi connectivity index (χ3n) is 3.78. The predicted octanol–water partition coefficient (Wildman–Crippen LogP) is 1.16. The number of nitrogens with zero attached hydrogens (tertiary/aromatic N) is 1. The number of nitrogens with one attached hydrogen (secondary N) is 3. The van der Waals surface area contributed by atoms with Gasteiger partial charge >= 0.3 is 0 Å². The number of carbonyl (C=O) groups excluding carboxylic acids is 1. The molecule has 1 unspecified atom stereocenters. The average molecular weight is 480 g/mol. The lowest BCUT2D eigenvalue weighted by atomic mass is 10.1. The molecule has 0 aromatic heterocycles. The van der Waals surface area contributed by atoms with Crippen LogP contribution < -0.4 is 16.0 Å². The number of anilines is 1. The number of rotatable bonds is 5. The van der Waals surface area contributed by atoms with E-state index in [1.54, 1.807) is 7.05 Å². The van der Waals surface area contributed by atoms with Crippen molar-refractivity contribution in [2.45, 2.75) is 25.8 Å². The maximum Gasteiger partial charge on any atom is 0.221 e. The Morgan fingerprint density at radius 2 is 1.96 bits per heavy atom. The molecule has 2 rings (SSSR count). The predicted molar refractivity (Wildman–Crippen MR) is 111 cm³/mol. The first-order valence-electron chi connectivity index (χ1n) is 7.92. The molecule has 140 valence electrons. The minimum Gasteiger partial charge on any atom is -0.356 e. The number of hydrogen-bond acceptors (Lipinski definition) is 4. The maximum atomic E-state index is 11.5. The van der Waals surface area contributed by atoms with Crippen LogP contribution in [0.4, 0.5) is 5.69 Å². The summed E-state index contributed by atoms with van der Waals surface area (Å²) >= 11 is 0. The van der Waals surface area contributed by atoms with Crippen LogP contribution in [-0.4, -0.2) is 51.4 Å². The summed E-state index contributed by atoms with van der Waals surface area (Å²) in [5.74, 6) is 0.931. The van der Waals surface area contributed by atoms with Gasteiger partial charge in [0.15, 0.2) is 15.8 Å². The second kappa shape index (κ2) is 9.95. The maximum absolute atomic E-state index is 11.5. The molecule has 0 aliphatic carbocycles. The summed E-state index contributed by atoms with van der Waals surface area (Å²) in [6.45, 7) is 2.16. The van der Waals surface area contributed by atoms with Gasteiger partial charge in [-0.2, -0.15) is 0 Å². The molecule has 7 nitrogen and oxygen atoms in total. The molecule has 0 radical (unpaired) electrons. The van der Waals surface area contributed by atoms with E-state index in [1.807, 2.05) is 24.3 Å². The third kappa shape index (κ3) is 7.59. The molecule has 1 aromatic rings. The van der Waals surface area contributed by atoms with Crippen LogP contribution >= 0.6 is 24.0 Å². The molecule has 0 saturated carbocycles. The average Bonchev–Trinajstić information content (AvgIpc) is 2.86. The van der Waals surface area contributed by atoms with Gasteiger partial charge in [-0.15, -0.1) is 24.0 Å². The van der Waals surface area contributed by atoms with E-state index in [2.05, 4.69) is 20.9 Å². The molecule has 1 aromatic carbocycles. The fraction of sp³-hybridized carbons (Fsp3) is 0.500. The van der Waals surface area contributed by atoms with E-state index in [-0.39, 0.29) is 47.4 Å². The van der Waals surface area contributed by atoms with Crippen molar-refractivity contribution in [3.05, 3.63) is 29.8 Å². The van der Waals surface area contributed by atoms with Crippen molar-refractivity contribution in [2.24, 2.45) is 4.99 Å². The minimum atomic E-state index is -2.90. The molecule has 1 saturated heterocycles. The molecule has 1 fully saturated rings. The van der Waals surface area contributed by atoms with E-state index < -0.39 is 9.84 Å². The molecule has 9 heteroatoms. The Bertz CT molecular complexity index is 705. The van der Waals surface area contributed by atoms with E-state index in [9.17, 15) is 13.2 Å². The molecular formula is C16H25IN4O3S. The van der Waals surface area contributed by atoms with Gasteiger partial charge in [-0.3, -0.25) is 9.79 Å². The normalized spacial score (nSPS) is 19.0. The van der Waals surface area contributed by atoms with Crippen LogP contribution in [0.1, 0.15) is 18.9 Å². The van der Waals surface area contributed by atoms with Crippen molar-refractivity contribution >= 4 is 51.4 Å². The summed E-state index contributed by atoms with van der Waals surface area (Å²) in [6, 6.07) is 7.60. The zero-order valence-corrected chi connectivity index (χ0v) is 17.6. The summed E-state index contributed by atoms with van der Waals surface area (Å²) in [5, 5.41) is 9.07. The molecule has 1 atom stereocenters. The number of guanidine groups is 1. The SMILES string of the molecule is CN=C(NCCc1ccc(NC(C)=O)cc1)NC1CCS(=O)(=O)C1.I. The van der Waals surface area contributed by atoms with Gasteiger partial charge in [0.2, 0.25) is 5.91 Å². The first-order valence-corrected chi connectivity index (χ1v) is 9.74. The quantitative estimate of drug-likeness (QED) is 0.334. The van der Waals surface area contributed by atoms with E-state index in [0.29, 0.717) is 18.9 Å². The number of amides is 1. The van der Waals surface area contributed by atoms with Crippen molar-refractivity contribution < 1.29 is 13.2 Å². The Hall–Kier alpha value is -1.36. The lowest BCUT2D eigenvalue weighted by Gasteiger charge is -2.16. The van der Waals surface area contributed by atoms with Crippen LogP contribution in [0.15, 0.2) is 29.3 Å². The van der Waals surface area contributed by atoms with Gasteiger partial charge in [-0.05, 0) is 30.5 Å². The molecule has 3 N–H and O–H groups in total. The number of carbonyl (C=O) groups is 1. The highest BCUT2D eigenvalue weighted by Crippen LogP contribution is 2.11. The number of aliphatic imine (C=N–C) groups is 1. The molecule has 1 aliphatic heterocycles. The summed E-state index contributed by atoms with van der Waals surface area (Å²) in [5.41, 5.74) is 1.91. The van der Waals surface area contributed by atoms with Gasteiger partial charge < -0.3 is 16.0 Å². The molecule has 1 amide bonds. The van der Waals surface area contributed by atoms with Crippen molar-refractivity contribution in [3.8, 4) is 0 Å². The Morgan fingerprint density at radius 3 is 2.48 bits per heavy atom. The minimum absolute atomic E-state index is 0. The summed E-state index contributed by atoms with van der Waals surface area (Å²) < 4.78 is 23.0. The van der Waals surface area contributed by atoms with Crippen LogP contribution in [0.25, 0.3) is 0 Å². The van der Waals surface area contributed by atoms with Crippen LogP contribution in [0.5, 0.6) is 0 Å². The van der Waals surface area contributed by atoms with Crippen LogP contribution in [0.3, 0.4) is 0 Å². The van der Waals surface area contributed by atoms with Gasteiger partial charge in [0, 0.05) is 32.2 Å². The second-order valence-corrected chi connectivity index (χ2v) is 8.10.